The van der Waals surface area contributed by atoms with E-state index in [1.54, 1.807) is 6.66 Å². The molecular weight excluding hydrogens is 135 g/mol. The molecule has 0 aromatic rings. The highest BCUT2D eigenvalue weighted by Crippen LogP contribution is 2.50. The van der Waals surface area contributed by atoms with Gasteiger partial charge in [-0.15, -0.1) is 6.42 Å². The van der Waals surface area contributed by atoms with Crippen LogP contribution in [0, 0.1) is 12.3 Å². The zero-order chi connectivity index (χ0) is 6.91. The van der Waals surface area contributed by atoms with Crippen LogP contribution in [-0.2, 0) is 9.09 Å². The van der Waals surface area contributed by atoms with Crippen LogP contribution in [0.3, 0.4) is 0 Å². The van der Waals surface area contributed by atoms with Gasteiger partial charge in [-0.2, -0.15) is 0 Å². The molecule has 1 aliphatic rings. The van der Waals surface area contributed by atoms with Crippen LogP contribution in [-0.4, -0.2) is 18.9 Å². The van der Waals surface area contributed by atoms with Crippen molar-refractivity contribution in [3.05, 3.63) is 0 Å². The van der Waals surface area contributed by atoms with Crippen LogP contribution >= 0.6 is 7.37 Å². The van der Waals surface area contributed by atoms with Gasteiger partial charge in [0.1, 0.15) is 6.10 Å². The van der Waals surface area contributed by atoms with Crippen LogP contribution in [0.1, 0.15) is 6.42 Å². The molecule has 1 rings (SSSR count). The van der Waals surface area contributed by atoms with Gasteiger partial charge in [0, 0.05) is 12.8 Å². The maximum absolute atomic E-state index is 11.1. The Balaban J connectivity index is 2.60. The van der Waals surface area contributed by atoms with Gasteiger partial charge in [-0.25, -0.2) is 0 Å². The summed E-state index contributed by atoms with van der Waals surface area (Å²) < 4.78 is 16.1. The van der Waals surface area contributed by atoms with E-state index < -0.39 is 7.37 Å². The SMILES string of the molecule is C#CC1CCP(C)(=O)O1. The van der Waals surface area contributed by atoms with E-state index in [0.717, 1.165) is 6.42 Å². The molecule has 0 N–H and O–H groups in total. The summed E-state index contributed by atoms with van der Waals surface area (Å²) in [6.07, 6.45) is 6.26. The molecule has 0 spiro atoms. The maximum Gasteiger partial charge on any atom is 0.201 e. The summed E-state index contributed by atoms with van der Waals surface area (Å²) >= 11 is 0. The normalized spacial score (nSPS) is 42.4. The van der Waals surface area contributed by atoms with Crippen molar-refractivity contribution in [3.63, 3.8) is 0 Å². The molecule has 0 amide bonds. The summed E-state index contributed by atoms with van der Waals surface area (Å²) in [5.74, 6) is 2.43. The van der Waals surface area contributed by atoms with Crippen molar-refractivity contribution >= 4 is 7.37 Å². The third-order valence-corrected chi connectivity index (χ3v) is 3.10. The van der Waals surface area contributed by atoms with Gasteiger partial charge in [-0.1, -0.05) is 5.92 Å². The quantitative estimate of drug-likeness (QED) is 0.378. The highest BCUT2D eigenvalue weighted by molar-refractivity contribution is 7.58. The van der Waals surface area contributed by atoms with Crippen molar-refractivity contribution < 1.29 is 9.09 Å². The van der Waals surface area contributed by atoms with Gasteiger partial charge in [0.05, 0.1) is 0 Å². The smallest absolute Gasteiger partial charge is 0.201 e. The van der Waals surface area contributed by atoms with E-state index in [4.69, 9.17) is 10.9 Å². The number of hydrogen-bond donors (Lipinski definition) is 0. The molecule has 0 aromatic heterocycles. The average Bonchev–Trinajstić information content (AvgIpc) is 2.10. The van der Waals surface area contributed by atoms with Crippen molar-refractivity contribution in [2.75, 3.05) is 12.8 Å². The molecule has 1 heterocycles. The second kappa shape index (κ2) is 2.17. The van der Waals surface area contributed by atoms with Gasteiger partial charge in [0.2, 0.25) is 7.37 Å². The molecule has 0 saturated carbocycles. The second-order valence-electron chi connectivity index (χ2n) is 2.29. The lowest BCUT2D eigenvalue weighted by atomic mass is 10.3. The standard InChI is InChI=1S/C6H9O2P/c1-3-6-4-5-9(2,7)8-6/h1,6H,4-5H2,2H3. The topological polar surface area (TPSA) is 26.3 Å². The highest BCUT2D eigenvalue weighted by atomic mass is 31.2. The predicted octanol–water partition coefficient (Wildman–Crippen LogP) is 1.32. The minimum absolute atomic E-state index is 0.194. The molecule has 50 valence electrons. The molecule has 9 heavy (non-hydrogen) atoms. The lowest BCUT2D eigenvalue weighted by Crippen LogP contribution is -1.97. The Labute approximate surface area is 55.0 Å². The predicted molar refractivity (Wildman–Crippen MR) is 36.7 cm³/mol. The van der Waals surface area contributed by atoms with E-state index in [1.807, 2.05) is 0 Å². The van der Waals surface area contributed by atoms with Gasteiger partial charge in [-0.05, 0) is 6.42 Å². The minimum Gasteiger partial charge on any atom is -0.312 e. The molecule has 0 bridgehead atoms. The largest absolute Gasteiger partial charge is 0.312 e. The van der Waals surface area contributed by atoms with Gasteiger partial charge in [-0.3, -0.25) is 4.57 Å². The molecule has 1 saturated heterocycles. The third kappa shape index (κ3) is 1.58. The Morgan fingerprint density at radius 1 is 1.89 bits per heavy atom. The van der Waals surface area contributed by atoms with E-state index in [2.05, 4.69) is 5.92 Å². The van der Waals surface area contributed by atoms with Crippen molar-refractivity contribution in [3.8, 4) is 12.3 Å². The third-order valence-electron chi connectivity index (χ3n) is 1.33. The Morgan fingerprint density at radius 2 is 2.56 bits per heavy atom. The van der Waals surface area contributed by atoms with Crippen molar-refractivity contribution in [1.82, 2.24) is 0 Å². The van der Waals surface area contributed by atoms with Gasteiger partial charge < -0.3 is 4.52 Å². The molecule has 0 aromatic carbocycles. The average molecular weight is 144 g/mol. The van der Waals surface area contributed by atoms with E-state index in [-0.39, 0.29) is 6.10 Å². The molecule has 2 atom stereocenters. The Morgan fingerprint density at radius 3 is 2.78 bits per heavy atom. The van der Waals surface area contributed by atoms with Crippen molar-refractivity contribution in [1.29, 1.82) is 0 Å². The van der Waals surface area contributed by atoms with Gasteiger partial charge >= 0.3 is 0 Å². The van der Waals surface area contributed by atoms with Crippen LogP contribution in [0.4, 0.5) is 0 Å². The zero-order valence-electron chi connectivity index (χ0n) is 5.33. The number of terminal acetylenes is 1. The maximum atomic E-state index is 11.1. The fourth-order valence-corrected chi connectivity index (χ4v) is 2.35. The summed E-state index contributed by atoms with van der Waals surface area (Å²) in [5.41, 5.74) is 0. The molecule has 1 aliphatic heterocycles. The van der Waals surface area contributed by atoms with Crippen LogP contribution in [0.5, 0.6) is 0 Å². The summed E-state index contributed by atoms with van der Waals surface area (Å²) in [4.78, 5) is 0. The van der Waals surface area contributed by atoms with E-state index in [1.165, 1.54) is 0 Å². The number of hydrogen-bond acceptors (Lipinski definition) is 2. The zero-order valence-corrected chi connectivity index (χ0v) is 6.23. The first-order chi connectivity index (χ1) is 4.14. The molecule has 1 fully saturated rings. The van der Waals surface area contributed by atoms with Crippen LogP contribution in [0.2, 0.25) is 0 Å². The van der Waals surface area contributed by atoms with Crippen LogP contribution < -0.4 is 0 Å². The molecule has 0 aliphatic carbocycles. The fraction of sp³-hybridized carbons (Fsp3) is 0.667. The monoisotopic (exact) mass is 144 g/mol. The molecular formula is C6H9O2P. The van der Waals surface area contributed by atoms with Gasteiger partial charge in [0.25, 0.3) is 0 Å². The highest BCUT2D eigenvalue weighted by Gasteiger charge is 2.28. The Bertz CT molecular complexity index is 192. The lowest BCUT2D eigenvalue weighted by Gasteiger charge is -2.02. The molecule has 0 radical (unpaired) electrons. The van der Waals surface area contributed by atoms with E-state index in [9.17, 15) is 4.57 Å². The van der Waals surface area contributed by atoms with Crippen molar-refractivity contribution in [2.24, 2.45) is 0 Å². The first-order valence-corrected chi connectivity index (χ1v) is 5.11. The van der Waals surface area contributed by atoms with Crippen LogP contribution in [0.25, 0.3) is 0 Å². The molecule has 3 heteroatoms. The van der Waals surface area contributed by atoms with E-state index in [0.29, 0.717) is 6.16 Å². The van der Waals surface area contributed by atoms with Crippen LogP contribution in [0.15, 0.2) is 0 Å². The first-order valence-electron chi connectivity index (χ1n) is 2.85. The first kappa shape index (κ1) is 6.86. The Hall–Kier alpha value is -0.250. The fourth-order valence-electron chi connectivity index (χ4n) is 0.840. The van der Waals surface area contributed by atoms with Gasteiger partial charge in [0.15, 0.2) is 0 Å². The summed E-state index contributed by atoms with van der Waals surface area (Å²) in [6, 6.07) is 0. The molecule has 2 nitrogen and oxygen atoms in total. The van der Waals surface area contributed by atoms with Crippen molar-refractivity contribution in [2.45, 2.75) is 12.5 Å². The lowest BCUT2D eigenvalue weighted by molar-refractivity contribution is 0.294. The summed E-state index contributed by atoms with van der Waals surface area (Å²) in [7, 11) is -2.26. The minimum atomic E-state index is -2.26. The summed E-state index contributed by atoms with van der Waals surface area (Å²) in [5, 5.41) is 0. The Kier molecular flexibility index (Phi) is 1.66. The second-order valence-corrected chi connectivity index (χ2v) is 4.97. The number of rotatable bonds is 0. The van der Waals surface area contributed by atoms with E-state index >= 15 is 0 Å². The molecule has 2 unspecified atom stereocenters. The summed E-state index contributed by atoms with van der Waals surface area (Å²) in [6.45, 7) is 1.63.